The largest absolute Gasteiger partial charge is 0.464 e. The molecule has 0 bridgehead atoms. The molecule has 1 aliphatic rings. The number of nitrogens with zero attached hydrogens (tertiary/aromatic N) is 2. The number of piperidine rings is 1. The second-order valence-corrected chi connectivity index (χ2v) is 4.12. The van der Waals surface area contributed by atoms with E-state index in [1.165, 1.54) is 7.11 Å². The van der Waals surface area contributed by atoms with Gasteiger partial charge in [0.05, 0.1) is 7.11 Å². The summed E-state index contributed by atoms with van der Waals surface area (Å²) >= 11 is 0. The number of methoxy groups -OCH3 is 1. The van der Waals surface area contributed by atoms with E-state index in [9.17, 15) is 4.79 Å². The summed E-state index contributed by atoms with van der Waals surface area (Å²) in [4.78, 5) is 11.6. The summed E-state index contributed by atoms with van der Waals surface area (Å²) in [7, 11) is 3.22. The molecule has 16 heavy (non-hydrogen) atoms. The van der Waals surface area contributed by atoms with Crippen LogP contribution < -0.4 is 5.32 Å². The second kappa shape index (κ2) is 4.65. The van der Waals surface area contributed by atoms with E-state index in [4.69, 9.17) is 4.74 Å². The lowest BCUT2D eigenvalue weighted by Crippen LogP contribution is -2.27. The van der Waals surface area contributed by atoms with Gasteiger partial charge in [-0.3, -0.25) is 4.68 Å². The molecule has 0 spiro atoms. The van der Waals surface area contributed by atoms with Crippen molar-refractivity contribution in [2.45, 2.75) is 18.8 Å². The third kappa shape index (κ3) is 2.09. The van der Waals surface area contributed by atoms with E-state index in [0.29, 0.717) is 11.6 Å². The Morgan fingerprint density at radius 1 is 1.56 bits per heavy atom. The van der Waals surface area contributed by atoms with Crippen molar-refractivity contribution in [2.75, 3.05) is 20.2 Å². The minimum atomic E-state index is -0.339. The van der Waals surface area contributed by atoms with Crippen LogP contribution in [0.25, 0.3) is 0 Å². The Morgan fingerprint density at radius 3 is 2.88 bits per heavy atom. The van der Waals surface area contributed by atoms with E-state index in [1.807, 2.05) is 13.2 Å². The Balaban J connectivity index is 2.27. The van der Waals surface area contributed by atoms with Gasteiger partial charge in [0.1, 0.15) is 0 Å². The maximum atomic E-state index is 11.6. The quantitative estimate of drug-likeness (QED) is 0.749. The van der Waals surface area contributed by atoms with Gasteiger partial charge >= 0.3 is 5.97 Å². The highest BCUT2D eigenvalue weighted by Gasteiger charge is 2.24. The van der Waals surface area contributed by atoms with Crippen LogP contribution in [0.4, 0.5) is 0 Å². The lowest BCUT2D eigenvalue weighted by Gasteiger charge is -2.22. The third-order valence-electron chi connectivity index (χ3n) is 3.01. The number of hydrogen-bond acceptors (Lipinski definition) is 4. The molecule has 0 saturated carbocycles. The number of rotatable bonds is 2. The van der Waals surface area contributed by atoms with Gasteiger partial charge in [-0.05, 0) is 31.8 Å². The Hall–Kier alpha value is -1.36. The molecular formula is C11H17N3O2. The predicted octanol–water partition coefficient (Wildman–Crippen LogP) is 0.674. The van der Waals surface area contributed by atoms with Crippen LogP contribution in [0.5, 0.6) is 0 Å². The molecule has 0 aliphatic carbocycles. The van der Waals surface area contributed by atoms with E-state index in [-0.39, 0.29) is 5.97 Å². The van der Waals surface area contributed by atoms with Crippen molar-refractivity contribution in [3.63, 3.8) is 0 Å². The van der Waals surface area contributed by atoms with Crippen molar-refractivity contribution in [2.24, 2.45) is 7.05 Å². The molecule has 0 amide bonds. The molecule has 1 aliphatic heterocycles. The van der Waals surface area contributed by atoms with Crippen LogP contribution in [0.15, 0.2) is 6.20 Å². The zero-order chi connectivity index (χ0) is 11.5. The summed E-state index contributed by atoms with van der Waals surface area (Å²) in [5.41, 5.74) is 1.49. The number of hydrogen-bond donors (Lipinski definition) is 1. The molecule has 1 aromatic rings. The number of ether oxygens (including phenoxy) is 1. The molecule has 88 valence electrons. The Bertz CT molecular complexity index is 381. The molecule has 2 heterocycles. The molecule has 5 nitrogen and oxygen atoms in total. The van der Waals surface area contributed by atoms with Gasteiger partial charge in [0.2, 0.25) is 0 Å². The Kier molecular flexibility index (Phi) is 3.24. The molecule has 0 atom stereocenters. The maximum Gasteiger partial charge on any atom is 0.358 e. The molecule has 0 aromatic carbocycles. The number of aromatic nitrogens is 2. The third-order valence-corrected chi connectivity index (χ3v) is 3.01. The monoisotopic (exact) mass is 223 g/mol. The molecule has 2 rings (SSSR count). The fourth-order valence-electron chi connectivity index (χ4n) is 2.19. The summed E-state index contributed by atoms with van der Waals surface area (Å²) in [5, 5.41) is 7.49. The summed E-state index contributed by atoms with van der Waals surface area (Å²) in [6.45, 7) is 2.00. The highest BCUT2D eigenvalue weighted by molar-refractivity contribution is 5.88. The molecule has 1 fully saturated rings. The topological polar surface area (TPSA) is 56.1 Å². The Labute approximate surface area is 94.8 Å². The number of aryl methyl sites for hydroxylation is 1. The zero-order valence-electron chi connectivity index (χ0n) is 9.69. The average molecular weight is 223 g/mol. The van der Waals surface area contributed by atoms with Crippen LogP contribution in [0.2, 0.25) is 0 Å². The van der Waals surface area contributed by atoms with Crippen molar-refractivity contribution < 1.29 is 9.53 Å². The fraction of sp³-hybridized carbons (Fsp3) is 0.636. The second-order valence-electron chi connectivity index (χ2n) is 4.12. The number of carbonyl (C=O) groups is 1. The van der Waals surface area contributed by atoms with Crippen LogP contribution >= 0.6 is 0 Å². The average Bonchev–Trinajstić information content (AvgIpc) is 2.71. The van der Waals surface area contributed by atoms with Gasteiger partial charge < -0.3 is 10.1 Å². The van der Waals surface area contributed by atoms with Crippen molar-refractivity contribution in [3.8, 4) is 0 Å². The standard InChI is InChI=1S/C11H17N3O2/c1-14-7-9(8-3-5-12-6-4-8)10(13-14)11(15)16-2/h7-8,12H,3-6H2,1-2H3. The molecule has 5 heteroatoms. The summed E-state index contributed by atoms with van der Waals surface area (Å²) in [5.74, 6) is 0.0817. The molecular weight excluding hydrogens is 206 g/mol. The lowest BCUT2D eigenvalue weighted by molar-refractivity contribution is 0.0591. The van der Waals surface area contributed by atoms with Crippen LogP contribution in [0.1, 0.15) is 34.8 Å². The van der Waals surface area contributed by atoms with Gasteiger partial charge in [-0.1, -0.05) is 0 Å². The van der Waals surface area contributed by atoms with E-state index < -0.39 is 0 Å². The normalized spacial score (nSPS) is 17.4. The SMILES string of the molecule is COC(=O)c1nn(C)cc1C1CCNCC1. The maximum absolute atomic E-state index is 11.6. The Morgan fingerprint density at radius 2 is 2.25 bits per heavy atom. The molecule has 0 radical (unpaired) electrons. The first-order valence-electron chi connectivity index (χ1n) is 5.55. The van der Waals surface area contributed by atoms with Crippen molar-refractivity contribution in [1.82, 2.24) is 15.1 Å². The van der Waals surface area contributed by atoms with E-state index in [1.54, 1.807) is 4.68 Å². The van der Waals surface area contributed by atoms with Crippen molar-refractivity contribution in [3.05, 3.63) is 17.5 Å². The minimum Gasteiger partial charge on any atom is -0.464 e. The molecule has 1 saturated heterocycles. The lowest BCUT2D eigenvalue weighted by atomic mass is 9.90. The highest BCUT2D eigenvalue weighted by Crippen LogP contribution is 2.27. The van der Waals surface area contributed by atoms with Crippen LogP contribution in [-0.4, -0.2) is 35.9 Å². The van der Waals surface area contributed by atoms with Crippen LogP contribution in [0.3, 0.4) is 0 Å². The first-order valence-corrected chi connectivity index (χ1v) is 5.55. The number of carbonyl (C=O) groups excluding carboxylic acids is 1. The fourth-order valence-corrected chi connectivity index (χ4v) is 2.19. The number of esters is 1. The van der Waals surface area contributed by atoms with Crippen LogP contribution in [-0.2, 0) is 11.8 Å². The first-order chi connectivity index (χ1) is 7.72. The van der Waals surface area contributed by atoms with Gasteiger partial charge in [0.15, 0.2) is 5.69 Å². The van der Waals surface area contributed by atoms with E-state index in [0.717, 1.165) is 31.5 Å². The highest BCUT2D eigenvalue weighted by atomic mass is 16.5. The van der Waals surface area contributed by atoms with Crippen LogP contribution in [0, 0.1) is 0 Å². The first kappa shape index (κ1) is 11.1. The van der Waals surface area contributed by atoms with Gasteiger partial charge in [-0.2, -0.15) is 5.10 Å². The summed E-state index contributed by atoms with van der Waals surface area (Å²) in [6.07, 6.45) is 4.04. The molecule has 0 unspecified atom stereocenters. The van der Waals surface area contributed by atoms with Gasteiger partial charge in [-0.15, -0.1) is 0 Å². The number of nitrogens with one attached hydrogen (secondary N) is 1. The van der Waals surface area contributed by atoms with Gasteiger partial charge in [0, 0.05) is 18.8 Å². The van der Waals surface area contributed by atoms with Gasteiger partial charge in [-0.25, -0.2) is 4.79 Å². The zero-order valence-corrected chi connectivity index (χ0v) is 9.69. The van der Waals surface area contributed by atoms with E-state index in [2.05, 4.69) is 10.4 Å². The summed E-state index contributed by atoms with van der Waals surface area (Å²) < 4.78 is 6.43. The molecule has 1 aromatic heterocycles. The van der Waals surface area contributed by atoms with E-state index >= 15 is 0 Å². The van der Waals surface area contributed by atoms with Crippen molar-refractivity contribution >= 4 is 5.97 Å². The summed E-state index contributed by atoms with van der Waals surface area (Å²) in [6, 6.07) is 0. The minimum absolute atomic E-state index is 0.339. The molecule has 1 N–H and O–H groups in total. The van der Waals surface area contributed by atoms with Gasteiger partial charge in [0.25, 0.3) is 0 Å². The smallest absolute Gasteiger partial charge is 0.358 e. The van der Waals surface area contributed by atoms with Crippen molar-refractivity contribution in [1.29, 1.82) is 0 Å². The predicted molar refractivity (Wildman–Crippen MR) is 59.4 cm³/mol.